The molecule has 0 aromatic heterocycles. The topological polar surface area (TPSA) is 78.8 Å². The number of carbonyl (C=O) groups is 1. The molecular formula is C14H21NO4. The molecule has 0 heterocycles. The van der Waals surface area contributed by atoms with Crippen molar-refractivity contribution in [2.45, 2.75) is 26.8 Å². The fourth-order valence-electron chi connectivity index (χ4n) is 1.62. The van der Waals surface area contributed by atoms with E-state index in [0.717, 1.165) is 0 Å². The van der Waals surface area contributed by atoms with Gasteiger partial charge in [-0.15, -0.1) is 0 Å². The molecule has 0 aliphatic carbocycles. The number of benzene rings is 1. The molecule has 1 rings (SSSR count). The van der Waals surface area contributed by atoms with E-state index >= 15 is 0 Å². The molecule has 1 atom stereocenters. The van der Waals surface area contributed by atoms with Crippen molar-refractivity contribution in [2.24, 2.45) is 5.92 Å². The molecule has 19 heavy (non-hydrogen) atoms. The zero-order chi connectivity index (χ0) is 14.4. The summed E-state index contributed by atoms with van der Waals surface area (Å²) < 4.78 is 5.33. The number of hydrogen-bond acceptors (Lipinski definition) is 4. The highest BCUT2D eigenvalue weighted by molar-refractivity contribution is 5.95. The summed E-state index contributed by atoms with van der Waals surface area (Å²) in [4.78, 5) is 12.0. The van der Waals surface area contributed by atoms with Crippen LogP contribution in [0.5, 0.6) is 11.5 Å². The standard InChI is InChI=1S/C14H21NO4/c1-4-19-8-13(9(2)3)15-14(18)10-5-11(16)7-12(17)6-10/h5-7,9,13,16-17H,4,8H2,1-3H3,(H,15,18). The first-order valence-corrected chi connectivity index (χ1v) is 6.35. The summed E-state index contributed by atoms with van der Waals surface area (Å²) >= 11 is 0. The van der Waals surface area contributed by atoms with Crippen molar-refractivity contribution in [1.82, 2.24) is 5.32 Å². The van der Waals surface area contributed by atoms with E-state index in [9.17, 15) is 15.0 Å². The zero-order valence-electron chi connectivity index (χ0n) is 11.5. The van der Waals surface area contributed by atoms with Crippen LogP contribution in [0.15, 0.2) is 18.2 Å². The lowest BCUT2D eigenvalue weighted by atomic mass is 10.0. The van der Waals surface area contributed by atoms with Gasteiger partial charge in [0.15, 0.2) is 0 Å². The van der Waals surface area contributed by atoms with E-state index in [1.165, 1.54) is 18.2 Å². The zero-order valence-corrected chi connectivity index (χ0v) is 11.5. The van der Waals surface area contributed by atoms with Gasteiger partial charge >= 0.3 is 0 Å². The molecule has 0 aliphatic heterocycles. The minimum atomic E-state index is -0.343. The predicted molar refractivity (Wildman–Crippen MR) is 72.4 cm³/mol. The van der Waals surface area contributed by atoms with Crippen molar-refractivity contribution in [3.05, 3.63) is 23.8 Å². The fraction of sp³-hybridized carbons (Fsp3) is 0.500. The van der Waals surface area contributed by atoms with Gasteiger partial charge in [0.1, 0.15) is 11.5 Å². The summed E-state index contributed by atoms with van der Waals surface area (Å²) in [6.45, 7) is 6.90. The Morgan fingerprint density at radius 2 is 1.84 bits per heavy atom. The van der Waals surface area contributed by atoms with Crippen LogP contribution in [-0.4, -0.2) is 35.4 Å². The van der Waals surface area contributed by atoms with Gasteiger partial charge in [-0.25, -0.2) is 0 Å². The highest BCUT2D eigenvalue weighted by Crippen LogP contribution is 2.20. The van der Waals surface area contributed by atoms with Gasteiger partial charge in [-0.2, -0.15) is 0 Å². The molecule has 1 aromatic carbocycles. The van der Waals surface area contributed by atoms with Gasteiger partial charge in [-0.05, 0) is 25.0 Å². The first kappa shape index (κ1) is 15.3. The van der Waals surface area contributed by atoms with Crippen LogP contribution in [0, 0.1) is 5.92 Å². The van der Waals surface area contributed by atoms with Gasteiger partial charge < -0.3 is 20.3 Å². The second kappa shape index (κ2) is 6.99. The van der Waals surface area contributed by atoms with Crippen LogP contribution in [0.1, 0.15) is 31.1 Å². The van der Waals surface area contributed by atoms with E-state index in [2.05, 4.69) is 5.32 Å². The third kappa shape index (κ3) is 4.79. The van der Waals surface area contributed by atoms with Crippen molar-refractivity contribution in [3.63, 3.8) is 0 Å². The van der Waals surface area contributed by atoms with Gasteiger partial charge in [0, 0.05) is 18.2 Å². The molecule has 106 valence electrons. The van der Waals surface area contributed by atoms with Crippen LogP contribution < -0.4 is 5.32 Å². The number of phenolic OH excluding ortho intramolecular Hbond substituents is 2. The Labute approximate surface area is 113 Å². The van der Waals surface area contributed by atoms with E-state index in [1.54, 1.807) is 0 Å². The minimum absolute atomic E-state index is 0.114. The first-order valence-electron chi connectivity index (χ1n) is 6.35. The maximum absolute atomic E-state index is 12.0. The number of nitrogens with one attached hydrogen (secondary N) is 1. The molecule has 1 aromatic rings. The molecule has 0 fully saturated rings. The van der Waals surface area contributed by atoms with E-state index < -0.39 is 0 Å². The Balaban J connectivity index is 2.75. The van der Waals surface area contributed by atoms with Crippen LogP contribution in [0.3, 0.4) is 0 Å². The largest absolute Gasteiger partial charge is 0.508 e. The van der Waals surface area contributed by atoms with E-state index in [4.69, 9.17) is 4.74 Å². The monoisotopic (exact) mass is 267 g/mol. The van der Waals surface area contributed by atoms with Gasteiger partial charge in [-0.1, -0.05) is 13.8 Å². The third-order valence-corrected chi connectivity index (χ3v) is 2.79. The average molecular weight is 267 g/mol. The van der Waals surface area contributed by atoms with Gasteiger partial charge in [0.25, 0.3) is 5.91 Å². The van der Waals surface area contributed by atoms with E-state index in [1.807, 2.05) is 20.8 Å². The maximum atomic E-state index is 12.0. The van der Waals surface area contributed by atoms with Gasteiger partial charge in [0.05, 0.1) is 12.6 Å². The molecule has 5 nitrogen and oxygen atoms in total. The number of amides is 1. The Morgan fingerprint density at radius 1 is 1.26 bits per heavy atom. The highest BCUT2D eigenvalue weighted by Gasteiger charge is 2.18. The van der Waals surface area contributed by atoms with Crippen LogP contribution in [0.4, 0.5) is 0 Å². The Kier molecular flexibility index (Phi) is 5.63. The Hall–Kier alpha value is -1.75. The normalized spacial score (nSPS) is 12.4. The minimum Gasteiger partial charge on any atom is -0.508 e. The summed E-state index contributed by atoms with van der Waals surface area (Å²) in [6.07, 6.45) is 0. The summed E-state index contributed by atoms with van der Waals surface area (Å²) in [7, 11) is 0. The average Bonchev–Trinajstić information content (AvgIpc) is 2.32. The summed E-state index contributed by atoms with van der Waals surface area (Å²) in [5, 5.41) is 21.6. The van der Waals surface area contributed by atoms with Crippen LogP contribution >= 0.6 is 0 Å². The summed E-state index contributed by atoms with van der Waals surface area (Å²) in [5.41, 5.74) is 0.222. The van der Waals surface area contributed by atoms with Crippen LogP contribution in [-0.2, 0) is 4.74 Å². The van der Waals surface area contributed by atoms with E-state index in [0.29, 0.717) is 13.2 Å². The van der Waals surface area contributed by atoms with Crippen LogP contribution in [0.2, 0.25) is 0 Å². The molecule has 1 amide bonds. The summed E-state index contributed by atoms with van der Waals surface area (Å²) in [5.74, 6) is -0.405. The number of rotatable bonds is 6. The number of phenols is 2. The first-order chi connectivity index (χ1) is 8.93. The SMILES string of the molecule is CCOCC(NC(=O)c1cc(O)cc(O)c1)C(C)C. The molecule has 0 saturated heterocycles. The Bertz CT molecular complexity index is 411. The molecular weight excluding hydrogens is 246 g/mol. The lowest BCUT2D eigenvalue weighted by Crippen LogP contribution is -2.41. The smallest absolute Gasteiger partial charge is 0.251 e. The molecule has 0 spiro atoms. The lowest BCUT2D eigenvalue weighted by molar-refractivity contribution is 0.0805. The van der Waals surface area contributed by atoms with Crippen molar-refractivity contribution in [1.29, 1.82) is 0 Å². The van der Waals surface area contributed by atoms with E-state index in [-0.39, 0.29) is 34.9 Å². The molecule has 0 bridgehead atoms. The van der Waals surface area contributed by atoms with Crippen molar-refractivity contribution in [3.8, 4) is 11.5 Å². The van der Waals surface area contributed by atoms with Gasteiger partial charge in [0.2, 0.25) is 0 Å². The molecule has 5 heteroatoms. The quantitative estimate of drug-likeness (QED) is 0.735. The fourth-order valence-corrected chi connectivity index (χ4v) is 1.62. The number of hydrogen-bond donors (Lipinski definition) is 3. The highest BCUT2D eigenvalue weighted by atomic mass is 16.5. The number of carbonyl (C=O) groups excluding carboxylic acids is 1. The molecule has 0 aliphatic rings. The second-order valence-electron chi connectivity index (χ2n) is 4.72. The Morgan fingerprint density at radius 3 is 2.32 bits per heavy atom. The molecule has 1 unspecified atom stereocenters. The molecule has 0 radical (unpaired) electrons. The number of aromatic hydroxyl groups is 2. The lowest BCUT2D eigenvalue weighted by Gasteiger charge is -2.22. The van der Waals surface area contributed by atoms with Crippen molar-refractivity contribution in [2.75, 3.05) is 13.2 Å². The predicted octanol–water partition coefficient (Wildman–Crippen LogP) is 1.89. The summed E-state index contributed by atoms with van der Waals surface area (Å²) in [6, 6.07) is 3.69. The molecule has 0 saturated carbocycles. The number of ether oxygens (including phenoxy) is 1. The van der Waals surface area contributed by atoms with Crippen LogP contribution in [0.25, 0.3) is 0 Å². The van der Waals surface area contributed by atoms with Gasteiger partial charge in [-0.3, -0.25) is 4.79 Å². The van der Waals surface area contributed by atoms with Crippen molar-refractivity contribution >= 4 is 5.91 Å². The third-order valence-electron chi connectivity index (χ3n) is 2.79. The second-order valence-corrected chi connectivity index (χ2v) is 4.72. The molecule has 3 N–H and O–H groups in total. The van der Waals surface area contributed by atoms with Crippen molar-refractivity contribution < 1.29 is 19.7 Å². The maximum Gasteiger partial charge on any atom is 0.251 e.